The van der Waals surface area contributed by atoms with Gasteiger partial charge in [0.25, 0.3) is 5.56 Å². The average molecular weight is 421 g/mol. The highest BCUT2D eigenvalue weighted by Crippen LogP contribution is 2.21. The number of nitrogens with one attached hydrogen (secondary N) is 1. The normalized spacial score (nSPS) is 11.3. The van der Waals surface area contributed by atoms with Crippen molar-refractivity contribution in [2.75, 3.05) is 11.1 Å². The molecule has 9 heteroatoms. The Kier molecular flexibility index (Phi) is 6.41. The quantitative estimate of drug-likeness (QED) is 0.456. The first-order valence-corrected chi connectivity index (χ1v) is 10.3. The molecule has 7 nitrogen and oxygen atoms in total. The summed E-state index contributed by atoms with van der Waals surface area (Å²) in [4.78, 5) is 29.8. The van der Waals surface area contributed by atoms with Crippen molar-refractivity contribution in [3.8, 4) is 0 Å². The smallest absolute Gasteiger partial charge is 0.262 e. The number of anilines is 1. The number of hydrogen-bond acceptors (Lipinski definition) is 6. The molecule has 0 bridgehead atoms. The number of benzene rings is 1. The molecule has 0 saturated heterocycles. The highest BCUT2D eigenvalue weighted by Gasteiger charge is 2.15. The predicted octanol–water partition coefficient (Wildman–Crippen LogP) is 4.12. The standard InChI is InChI=1S/C19H21ClN4O3S/c1-11(2)6-7-24-18(26)14-5-4-13(20)9-15(14)21-19(24)28-10-16(25)22-17-8-12(3)23-27-17/h4-5,8-9,11H,6-7,10H2,1-3H3,(H,22,25). The van der Waals surface area contributed by atoms with E-state index in [9.17, 15) is 9.59 Å². The van der Waals surface area contributed by atoms with E-state index in [1.165, 1.54) is 11.8 Å². The number of carbonyl (C=O) groups excluding carboxylic acids is 1. The van der Waals surface area contributed by atoms with Gasteiger partial charge in [-0.25, -0.2) is 4.98 Å². The second kappa shape index (κ2) is 8.79. The molecule has 0 fully saturated rings. The molecule has 0 saturated carbocycles. The van der Waals surface area contributed by atoms with E-state index in [4.69, 9.17) is 16.1 Å². The number of fused-ring (bicyclic) bond motifs is 1. The first kappa shape index (κ1) is 20.4. The third-order valence-corrected chi connectivity index (χ3v) is 5.25. The van der Waals surface area contributed by atoms with Crippen LogP contribution >= 0.6 is 23.4 Å². The van der Waals surface area contributed by atoms with Crippen LogP contribution in [0.4, 0.5) is 5.88 Å². The lowest BCUT2D eigenvalue weighted by Gasteiger charge is -2.14. The van der Waals surface area contributed by atoms with Crippen LogP contribution in [-0.2, 0) is 11.3 Å². The SMILES string of the molecule is Cc1cc(NC(=O)CSc2nc3cc(Cl)ccc3c(=O)n2CCC(C)C)on1. The van der Waals surface area contributed by atoms with Gasteiger partial charge in [0.2, 0.25) is 11.8 Å². The number of amides is 1. The molecule has 28 heavy (non-hydrogen) atoms. The Labute approximate surface area is 171 Å². The van der Waals surface area contributed by atoms with Crippen molar-refractivity contribution in [3.05, 3.63) is 45.3 Å². The Bertz CT molecular complexity index is 1060. The van der Waals surface area contributed by atoms with E-state index in [0.717, 1.165) is 6.42 Å². The number of rotatable bonds is 7. The Morgan fingerprint density at radius 3 is 2.82 bits per heavy atom. The molecule has 0 atom stereocenters. The van der Waals surface area contributed by atoms with Gasteiger partial charge in [-0.15, -0.1) is 0 Å². The van der Waals surface area contributed by atoms with Crippen LogP contribution in [0, 0.1) is 12.8 Å². The number of aryl methyl sites for hydroxylation is 1. The first-order valence-electron chi connectivity index (χ1n) is 8.89. The van der Waals surface area contributed by atoms with Gasteiger partial charge < -0.3 is 4.52 Å². The van der Waals surface area contributed by atoms with E-state index < -0.39 is 0 Å². The molecular formula is C19H21ClN4O3S. The van der Waals surface area contributed by atoms with E-state index in [-0.39, 0.29) is 17.2 Å². The number of aromatic nitrogens is 3. The molecule has 0 spiro atoms. The summed E-state index contributed by atoms with van der Waals surface area (Å²) in [6.45, 7) is 6.50. The molecule has 0 unspecified atom stereocenters. The van der Waals surface area contributed by atoms with E-state index in [1.807, 2.05) is 0 Å². The summed E-state index contributed by atoms with van der Waals surface area (Å²) in [6, 6.07) is 6.66. The van der Waals surface area contributed by atoms with E-state index in [2.05, 4.69) is 29.3 Å². The fourth-order valence-corrected chi connectivity index (χ4v) is 3.59. The van der Waals surface area contributed by atoms with Crippen molar-refractivity contribution in [2.24, 2.45) is 5.92 Å². The number of halogens is 1. The fraction of sp³-hybridized carbons (Fsp3) is 0.368. The van der Waals surface area contributed by atoms with Crippen LogP contribution in [-0.4, -0.2) is 26.4 Å². The summed E-state index contributed by atoms with van der Waals surface area (Å²) in [7, 11) is 0. The van der Waals surface area contributed by atoms with Crippen LogP contribution < -0.4 is 10.9 Å². The van der Waals surface area contributed by atoms with Crippen molar-refractivity contribution >= 4 is 46.1 Å². The molecule has 2 heterocycles. The van der Waals surface area contributed by atoms with Crippen LogP contribution in [0.5, 0.6) is 0 Å². The molecule has 2 aromatic heterocycles. The topological polar surface area (TPSA) is 90.0 Å². The summed E-state index contributed by atoms with van der Waals surface area (Å²) in [6.07, 6.45) is 0.831. The largest absolute Gasteiger partial charge is 0.338 e. The van der Waals surface area contributed by atoms with Gasteiger partial charge in [-0.1, -0.05) is 42.4 Å². The van der Waals surface area contributed by atoms with Gasteiger partial charge >= 0.3 is 0 Å². The molecule has 148 valence electrons. The highest BCUT2D eigenvalue weighted by molar-refractivity contribution is 7.99. The molecular weight excluding hydrogens is 400 g/mol. The van der Waals surface area contributed by atoms with E-state index in [1.54, 1.807) is 35.8 Å². The maximum Gasteiger partial charge on any atom is 0.262 e. The zero-order chi connectivity index (χ0) is 20.3. The fourth-order valence-electron chi connectivity index (χ4n) is 2.59. The van der Waals surface area contributed by atoms with Gasteiger partial charge in [0.05, 0.1) is 22.3 Å². The minimum atomic E-state index is -0.267. The summed E-state index contributed by atoms with van der Waals surface area (Å²) in [5, 5.41) is 7.88. The van der Waals surface area contributed by atoms with E-state index in [0.29, 0.717) is 45.1 Å². The third kappa shape index (κ3) is 4.94. The molecule has 0 radical (unpaired) electrons. The lowest BCUT2D eigenvalue weighted by Crippen LogP contribution is -2.25. The molecule has 1 amide bonds. The molecule has 1 aromatic carbocycles. The minimum absolute atomic E-state index is 0.0833. The van der Waals surface area contributed by atoms with Crippen LogP contribution in [0.2, 0.25) is 5.02 Å². The number of thioether (sulfide) groups is 1. The van der Waals surface area contributed by atoms with Gasteiger partial charge in [0, 0.05) is 17.6 Å². The second-order valence-electron chi connectivity index (χ2n) is 6.86. The maximum absolute atomic E-state index is 13.0. The lowest BCUT2D eigenvalue weighted by atomic mass is 10.1. The van der Waals surface area contributed by atoms with Gasteiger partial charge in [-0.05, 0) is 37.5 Å². The second-order valence-corrected chi connectivity index (χ2v) is 8.24. The van der Waals surface area contributed by atoms with Crippen LogP contribution in [0.3, 0.4) is 0 Å². The number of nitrogens with zero attached hydrogens (tertiary/aromatic N) is 3. The maximum atomic E-state index is 13.0. The third-order valence-electron chi connectivity index (χ3n) is 4.04. The van der Waals surface area contributed by atoms with Crippen LogP contribution in [0.15, 0.2) is 38.7 Å². The Morgan fingerprint density at radius 2 is 2.14 bits per heavy atom. The van der Waals surface area contributed by atoms with E-state index >= 15 is 0 Å². The predicted molar refractivity (Wildman–Crippen MR) is 111 cm³/mol. The summed E-state index contributed by atoms with van der Waals surface area (Å²) in [5.41, 5.74) is 1.07. The monoisotopic (exact) mass is 420 g/mol. The summed E-state index contributed by atoms with van der Waals surface area (Å²) < 4.78 is 6.62. The van der Waals surface area contributed by atoms with Crippen molar-refractivity contribution in [3.63, 3.8) is 0 Å². The van der Waals surface area contributed by atoms with Gasteiger partial charge in [-0.2, -0.15) is 0 Å². The Hall–Kier alpha value is -2.32. The minimum Gasteiger partial charge on any atom is -0.338 e. The molecule has 3 rings (SSSR count). The molecule has 0 aliphatic heterocycles. The molecule has 3 aromatic rings. The lowest BCUT2D eigenvalue weighted by molar-refractivity contribution is -0.113. The summed E-state index contributed by atoms with van der Waals surface area (Å²) >= 11 is 7.25. The van der Waals surface area contributed by atoms with Crippen LogP contribution in [0.25, 0.3) is 10.9 Å². The molecule has 0 aliphatic carbocycles. The first-order chi connectivity index (χ1) is 13.3. The summed E-state index contributed by atoms with van der Waals surface area (Å²) in [5.74, 6) is 0.541. The Balaban J connectivity index is 1.85. The van der Waals surface area contributed by atoms with Crippen molar-refractivity contribution < 1.29 is 9.32 Å². The van der Waals surface area contributed by atoms with Crippen molar-refractivity contribution in [2.45, 2.75) is 38.9 Å². The molecule has 1 N–H and O–H groups in total. The van der Waals surface area contributed by atoms with Crippen molar-refractivity contribution in [1.29, 1.82) is 0 Å². The molecule has 0 aliphatic rings. The number of hydrogen-bond donors (Lipinski definition) is 1. The highest BCUT2D eigenvalue weighted by atomic mass is 35.5. The Morgan fingerprint density at radius 1 is 1.36 bits per heavy atom. The van der Waals surface area contributed by atoms with Gasteiger partial charge in [0.15, 0.2) is 5.16 Å². The van der Waals surface area contributed by atoms with Gasteiger partial charge in [-0.3, -0.25) is 19.5 Å². The van der Waals surface area contributed by atoms with Crippen molar-refractivity contribution in [1.82, 2.24) is 14.7 Å². The average Bonchev–Trinajstić information content (AvgIpc) is 3.03. The zero-order valence-electron chi connectivity index (χ0n) is 15.9. The van der Waals surface area contributed by atoms with Gasteiger partial charge in [0.1, 0.15) is 0 Å². The number of carbonyl (C=O) groups is 1. The van der Waals surface area contributed by atoms with Crippen LogP contribution in [0.1, 0.15) is 26.0 Å². The zero-order valence-corrected chi connectivity index (χ0v) is 17.4.